The molecule has 0 bridgehead atoms. The molecule has 8 heteroatoms. The van der Waals surface area contributed by atoms with E-state index in [9.17, 15) is 19.2 Å². The smallest absolute Gasteiger partial charge is 0.329 e. The van der Waals surface area contributed by atoms with E-state index in [4.69, 9.17) is 9.47 Å². The number of amides is 3. The molecule has 1 N–H and O–H groups in total. The minimum atomic E-state index is -1.12. The first kappa shape index (κ1) is 18.1. The van der Waals surface area contributed by atoms with Gasteiger partial charge in [0.25, 0.3) is 17.7 Å². The lowest BCUT2D eigenvalue weighted by Gasteiger charge is -2.20. The number of nitrogens with zero attached hydrogens (tertiary/aromatic N) is 1. The van der Waals surface area contributed by atoms with Gasteiger partial charge in [-0.25, -0.2) is 4.79 Å². The van der Waals surface area contributed by atoms with Gasteiger partial charge in [-0.15, -0.1) is 0 Å². The van der Waals surface area contributed by atoms with Gasteiger partial charge in [-0.2, -0.15) is 0 Å². The lowest BCUT2D eigenvalue weighted by Crippen LogP contribution is -2.44. The third kappa shape index (κ3) is 3.60. The van der Waals surface area contributed by atoms with Crippen LogP contribution < -0.4 is 5.32 Å². The number of nitrogens with one attached hydrogen (secondary N) is 1. The normalized spacial score (nSPS) is 20.0. The van der Waals surface area contributed by atoms with E-state index in [0.717, 1.165) is 17.7 Å². The summed E-state index contributed by atoms with van der Waals surface area (Å²) in [4.78, 5) is 49.5. The van der Waals surface area contributed by atoms with E-state index in [2.05, 4.69) is 5.32 Å². The van der Waals surface area contributed by atoms with Crippen LogP contribution in [0.1, 0.15) is 40.5 Å². The van der Waals surface area contributed by atoms with Crippen LogP contribution in [0.2, 0.25) is 0 Å². The Morgan fingerprint density at radius 1 is 1.27 bits per heavy atom. The van der Waals surface area contributed by atoms with Crippen LogP contribution in [0.15, 0.2) is 24.3 Å². The monoisotopic (exact) mass is 360 g/mol. The van der Waals surface area contributed by atoms with E-state index in [-0.39, 0.29) is 17.2 Å². The molecule has 0 unspecified atom stereocenters. The highest BCUT2D eigenvalue weighted by molar-refractivity contribution is 6.22. The van der Waals surface area contributed by atoms with Gasteiger partial charge < -0.3 is 14.8 Å². The molecule has 2 atom stereocenters. The highest BCUT2D eigenvalue weighted by Crippen LogP contribution is 2.24. The van der Waals surface area contributed by atoms with Crippen LogP contribution in [0, 0.1) is 0 Å². The predicted molar refractivity (Wildman–Crippen MR) is 89.3 cm³/mol. The zero-order valence-electron chi connectivity index (χ0n) is 14.4. The lowest BCUT2D eigenvalue weighted by molar-refractivity contribution is -0.151. The summed E-state index contributed by atoms with van der Waals surface area (Å²) >= 11 is 0. The van der Waals surface area contributed by atoms with E-state index >= 15 is 0 Å². The molecular formula is C18H20N2O6. The fourth-order valence-electron chi connectivity index (χ4n) is 3.01. The average Bonchev–Trinajstić information content (AvgIpc) is 3.25. The number of carbonyl (C=O) groups is 4. The van der Waals surface area contributed by atoms with Gasteiger partial charge in [0.15, 0.2) is 6.61 Å². The summed E-state index contributed by atoms with van der Waals surface area (Å²) < 4.78 is 10.3. The van der Waals surface area contributed by atoms with Gasteiger partial charge in [0.05, 0.1) is 17.2 Å². The Morgan fingerprint density at radius 2 is 1.92 bits per heavy atom. The molecule has 26 heavy (non-hydrogen) atoms. The van der Waals surface area contributed by atoms with Crippen molar-refractivity contribution in [3.8, 4) is 0 Å². The van der Waals surface area contributed by atoms with Crippen LogP contribution in [0.4, 0.5) is 0 Å². The molecule has 2 aliphatic heterocycles. The second-order valence-corrected chi connectivity index (χ2v) is 6.25. The van der Waals surface area contributed by atoms with E-state index in [0.29, 0.717) is 13.2 Å². The Kier molecular flexibility index (Phi) is 5.32. The number of ether oxygens (including phenoxy) is 2. The van der Waals surface area contributed by atoms with Crippen LogP contribution in [0.5, 0.6) is 0 Å². The number of carbonyl (C=O) groups excluding carboxylic acids is 4. The first-order valence-corrected chi connectivity index (χ1v) is 8.51. The van der Waals surface area contributed by atoms with Gasteiger partial charge in [-0.1, -0.05) is 12.1 Å². The summed E-state index contributed by atoms with van der Waals surface area (Å²) in [6.45, 7) is 1.98. The molecule has 0 saturated carbocycles. The molecule has 3 rings (SSSR count). The number of esters is 1. The topological polar surface area (TPSA) is 102 Å². The molecule has 2 aliphatic rings. The van der Waals surface area contributed by atoms with Crippen LogP contribution in [-0.2, 0) is 19.1 Å². The number of fused-ring (bicyclic) bond motifs is 1. The van der Waals surface area contributed by atoms with Crippen molar-refractivity contribution in [2.45, 2.75) is 31.9 Å². The SMILES string of the molecule is C[C@@H](C(=O)OCC(=O)NC[C@H]1CCCO1)N1C(=O)c2ccccc2C1=O. The van der Waals surface area contributed by atoms with E-state index in [1.165, 1.54) is 19.1 Å². The molecule has 1 aromatic rings. The molecule has 0 aromatic heterocycles. The predicted octanol–water partition coefficient (Wildman–Crippen LogP) is 0.510. The fourth-order valence-corrected chi connectivity index (χ4v) is 3.01. The van der Waals surface area contributed by atoms with Crippen LogP contribution in [0.3, 0.4) is 0 Å². The zero-order valence-corrected chi connectivity index (χ0v) is 14.4. The first-order chi connectivity index (χ1) is 12.5. The summed E-state index contributed by atoms with van der Waals surface area (Å²) in [7, 11) is 0. The number of imide groups is 1. The lowest BCUT2D eigenvalue weighted by atomic mass is 10.1. The summed E-state index contributed by atoms with van der Waals surface area (Å²) in [5, 5.41) is 2.63. The molecule has 0 aliphatic carbocycles. The van der Waals surface area contributed by atoms with Crippen molar-refractivity contribution < 1.29 is 28.7 Å². The summed E-state index contributed by atoms with van der Waals surface area (Å²) in [6, 6.07) is 5.25. The molecule has 2 heterocycles. The highest BCUT2D eigenvalue weighted by Gasteiger charge is 2.41. The van der Waals surface area contributed by atoms with Crippen molar-refractivity contribution in [2.24, 2.45) is 0 Å². The van der Waals surface area contributed by atoms with Crippen LogP contribution >= 0.6 is 0 Å². The molecule has 138 valence electrons. The third-order valence-corrected chi connectivity index (χ3v) is 4.45. The summed E-state index contributed by atoms with van der Waals surface area (Å²) in [6.07, 6.45) is 1.84. The second kappa shape index (κ2) is 7.65. The minimum absolute atomic E-state index is 0.00748. The maximum Gasteiger partial charge on any atom is 0.329 e. The van der Waals surface area contributed by atoms with Gasteiger partial charge in [0.1, 0.15) is 6.04 Å². The molecule has 8 nitrogen and oxygen atoms in total. The largest absolute Gasteiger partial charge is 0.454 e. The van der Waals surface area contributed by atoms with Gasteiger partial charge in [-0.3, -0.25) is 19.3 Å². The molecule has 1 fully saturated rings. The Hall–Kier alpha value is -2.74. The van der Waals surface area contributed by atoms with Crippen molar-refractivity contribution >= 4 is 23.7 Å². The van der Waals surface area contributed by atoms with Gasteiger partial charge >= 0.3 is 5.97 Å². The first-order valence-electron chi connectivity index (χ1n) is 8.51. The second-order valence-electron chi connectivity index (χ2n) is 6.25. The van der Waals surface area contributed by atoms with Crippen molar-refractivity contribution in [2.75, 3.05) is 19.8 Å². The number of hydrogen-bond acceptors (Lipinski definition) is 6. The molecule has 0 radical (unpaired) electrons. The number of rotatable bonds is 6. The van der Waals surface area contributed by atoms with Crippen molar-refractivity contribution in [1.29, 1.82) is 0 Å². The fraction of sp³-hybridized carbons (Fsp3) is 0.444. The maximum absolute atomic E-state index is 12.3. The quantitative estimate of drug-likeness (QED) is 0.586. The Morgan fingerprint density at radius 3 is 2.50 bits per heavy atom. The molecular weight excluding hydrogens is 340 g/mol. The number of benzene rings is 1. The summed E-state index contributed by atoms with van der Waals surface area (Å²) in [5.41, 5.74) is 0.512. The Balaban J connectivity index is 1.51. The van der Waals surface area contributed by atoms with E-state index in [1.54, 1.807) is 12.1 Å². The van der Waals surface area contributed by atoms with Crippen LogP contribution in [-0.4, -0.2) is 60.5 Å². The highest BCUT2D eigenvalue weighted by atomic mass is 16.5. The average molecular weight is 360 g/mol. The zero-order chi connectivity index (χ0) is 18.7. The standard InChI is InChI=1S/C18H20N2O6/c1-11(20-16(22)13-6-2-3-7-14(13)17(20)23)18(24)26-10-15(21)19-9-12-5-4-8-25-12/h2-3,6-7,11-12H,4-5,8-10H2,1H3,(H,19,21)/t11-,12+/m0/s1. The van der Waals surface area contributed by atoms with E-state index < -0.39 is 36.3 Å². The van der Waals surface area contributed by atoms with Crippen molar-refractivity contribution in [3.05, 3.63) is 35.4 Å². The van der Waals surface area contributed by atoms with Gasteiger partial charge in [0, 0.05) is 13.2 Å². The van der Waals surface area contributed by atoms with Crippen molar-refractivity contribution in [1.82, 2.24) is 10.2 Å². The van der Waals surface area contributed by atoms with Gasteiger partial charge in [-0.05, 0) is 31.9 Å². The minimum Gasteiger partial charge on any atom is -0.454 e. The summed E-state index contributed by atoms with van der Waals surface area (Å²) in [5.74, 6) is -2.36. The van der Waals surface area contributed by atoms with E-state index in [1.807, 2.05) is 0 Å². The van der Waals surface area contributed by atoms with Gasteiger partial charge in [0.2, 0.25) is 0 Å². The third-order valence-electron chi connectivity index (χ3n) is 4.45. The van der Waals surface area contributed by atoms with Crippen molar-refractivity contribution in [3.63, 3.8) is 0 Å². The molecule has 3 amide bonds. The molecule has 1 aromatic carbocycles. The Labute approximate surface area is 150 Å². The Bertz CT molecular complexity index is 706. The number of hydrogen-bond donors (Lipinski definition) is 1. The molecule has 1 saturated heterocycles. The van der Waals surface area contributed by atoms with Crippen LogP contribution in [0.25, 0.3) is 0 Å². The maximum atomic E-state index is 12.3. The molecule has 0 spiro atoms.